The van der Waals surface area contributed by atoms with E-state index in [2.05, 4.69) is 9.97 Å². The fraction of sp³-hybridized carbons (Fsp3) is 0.0526. The molecule has 0 saturated carbocycles. The number of benzene rings is 2. The van der Waals surface area contributed by atoms with Gasteiger partial charge in [-0.2, -0.15) is 4.98 Å². The molecule has 0 unspecified atom stereocenters. The Kier molecular flexibility index (Phi) is 3.50. The topological polar surface area (TPSA) is 83.1 Å². The Balaban J connectivity index is 1.82. The Morgan fingerprint density at radius 3 is 2.16 bits per heavy atom. The van der Waals surface area contributed by atoms with Crippen molar-refractivity contribution < 1.29 is 9.59 Å². The summed E-state index contributed by atoms with van der Waals surface area (Å²) in [6.07, 6.45) is 0. The Hall–Kier alpha value is -3.54. The molecule has 0 atom stereocenters. The summed E-state index contributed by atoms with van der Waals surface area (Å²) in [6, 6.07) is 18.1. The van der Waals surface area contributed by atoms with Gasteiger partial charge in [-0.25, -0.2) is 4.79 Å². The summed E-state index contributed by atoms with van der Waals surface area (Å²) in [5.41, 5.74) is 1.17. The highest BCUT2D eigenvalue weighted by atomic mass is 16.2. The van der Waals surface area contributed by atoms with E-state index in [0.717, 1.165) is 10.5 Å². The molecule has 6 heteroatoms. The smallest absolute Gasteiger partial charge is 0.300 e. The zero-order valence-corrected chi connectivity index (χ0v) is 13.1. The summed E-state index contributed by atoms with van der Waals surface area (Å²) < 4.78 is 0. The van der Waals surface area contributed by atoms with Crippen molar-refractivity contribution in [1.29, 1.82) is 0 Å². The lowest BCUT2D eigenvalue weighted by Gasteiger charge is -2.13. The number of carbonyl (C=O) groups excluding carboxylic acids is 2. The number of aromatic nitrogens is 2. The molecule has 3 aromatic rings. The van der Waals surface area contributed by atoms with Crippen LogP contribution in [0.5, 0.6) is 0 Å². The zero-order chi connectivity index (χ0) is 17.4. The summed E-state index contributed by atoms with van der Waals surface area (Å²) in [7, 11) is 0. The molecule has 0 fully saturated rings. The van der Waals surface area contributed by atoms with Gasteiger partial charge in [0, 0.05) is 5.56 Å². The van der Waals surface area contributed by atoms with Crippen molar-refractivity contribution in [2.75, 3.05) is 0 Å². The lowest BCUT2D eigenvalue weighted by molar-refractivity contribution is 0.0640. The van der Waals surface area contributed by atoms with Crippen LogP contribution in [-0.4, -0.2) is 26.7 Å². The predicted molar refractivity (Wildman–Crippen MR) is 90.9 cm³/mol. The monoisotopic (exact) mass is 331 g/mol. The third kappa shape index (κ3) is 2.53. The van der Waals surface area contributed by atoms with Crippen molar-refractivity contribution in [3.63, 3.8) is 0 Å². The van der Waals surface area contributed by atoms with E-state index in [0.29, 0.717) is 5.56 Å². The van der Waals surface area contributed by atoms with Crippen LogP contribution in [-0.2, 0) is 6.54 Å². The lowest BCUT2D eigenvalue weighted by atomic mass is 10.1. The first-order chi connectivity index (χ1) is 12.1. The minimum absolute atomic E-state index is 0.000200. The van der Waals surface area contributed by atoms with Gasteiger partial charge in [0.2, 0.25) is 0 Å². The second-order valence-electron chi connectivity index (χ2n) is 5.69. The van der Waals surface area contributed by atoms with E-state index in [4.69, 9.17) is 0 Å². The average molecular weight is 331 g/mol. The number of carbonyl (C=O) groups is 2. The van der Waals surface area contributed by atoms with Gasteiger partial charge in [-0.3, -0.25) is 14.5 Å². The maximum Gasteiger partial charge on any atom is 0.346 e. The Labute approximate surface area is 142 Å². The largest absolute Gasteiger partial charge is 0.346 e. The van der Waals surface area contributed by atoms with Crippen molar-refractivity contribution in [2.24, 2.45) is 0 Å². The lowest BCUT2D eigenvalue weighted by Crippen LogP contribution is -2.29. The van der Waals surface area contributed by atoms with Gasteiger partial charge in [-0.1, -0.05) is 60.7 Å². The molecule has 0 saturated heterocycles. The van der Waals surface area contributed by atoms with Crippen LogP contribution >= 0.6 is 0 Å². The number of H-pyrrole nitrogens is 1. The maximum atomic E-state index is 12.9. The van der Waals surface area contributed by atoms with Gasteiger partial charge in [0.15, 0.2) is 0 Å². The number of aromatic amines is 1. The van der Waals surface area contributed by atoms with Crippen molar-refractivity contribution >= 4 is 11.8 Å². The fourth-order valence-electron chi connectivity index (χ4n) is 2.92. The molecule has 1 aromatic heterocycles. The van der Waals surface area contributed by atoms with Crippen molar-refractivity contribution in [1.82, 2.24) is 14.9 Å². The molecular weight excluding hydrogens is 318 g/mol. The quantitative estimate of drug-likeness (QED) is 0.746. The number of imide groups is 1. The summed E-state index contributed by atoms with van der Waals surface area (Å²) in [5, 5.41) is 0. The maximum absolute atomic E-state index is 12.9. The molecular formula is C19H13N3O3. The third-order valence-electron chi connectivity index (χ3n) is 4.08. The van der Waals surface area contributed by atoms with Gasteiger partial charge in [0.25, 0.3) is 11.8 Å². The van der Waals surface area contributed by atoms with Crippen molar-refractivity contribution in [3.8, 4) is 11.3 Å². The molecule has 0 aliphatic carbocycles. The van der Waals surface area contributed by atoms with E-state index in [9.17, 15) is 14.4 Å². The number of nitrogens with one attached hydrogen (secondary N) is 1. The van der Waals surface area contributed by atoms with Crippen LogP contribution < -0.4 is 5.69 Å². The standard InChI is InChI=1S/C19H13N3O3/c23-17-14-15(13-9-5-2-6-10-13)20-19(25)21-16(14)18(24)22(17)11-12-7-3-1-4-8-12/h1-10H,11H2,(H,20,21,25). The molecule has 1 N–H and O–H groups in total. The van der Waals surface area contributed by atoms with Crippen LogP contribution in [0.1, 0.15) is 26.4 Å². The van der Waals surface area contributed by atoms with Gasteiger partial charge >= 0.3 is 5.69 Å². The van der Waals surface area contributed by atoms with Gasteiger partial charge in [-0.15, -0.1) is 0 Å². The average Bonchev–Trinajstić information content (AvgIpc) is 2.87. The molecule has 6 nitrogen and oxygen atoms in total. The van der Waals surface area contributed by atoms with Crippen LogP contribution in [0.4, 0.5) is 0 Å². The fourth-order valence-corrected chi connectivity index (χ4v) is 2.92. The third-order valence-corrected chi connectivity index (χ3v) is 4.08. The molecule has 0 spiro atoms. The minimum atomic E-state index is -0.652. The van der Waals surface area contributed by atoms with Crippen LogP contribution in [0.25, 0.3) is 11.3 Å². The highest BCUT2D eigenvalue weighted by Gasteiger charge is 2.39. The van der Waals surface area contributed by atoms with Crippen molar-refractivity contribution in [3.05, 3.63) is 88.0 Å². The zero-order valence-electron chi connectivity index (χ0n) is 13.1. The van der Waals surface area contributed by atoms with E-state index >= 15 is 0 Å². The number of amides is 2. The van der Waals surface area contributed by atoms with E-state index in [1.54, 1.807) is 24.3 Å². The number of rotatable bonds is 3. The summed E-state index contributed by atoms with van der Waals surface area (Å²) >= 11 is 0. The molecule has 25 heavy (non-hydrogen) atoms. The minimum Gasteiger partial charge on any atom is -0.300 e. The van der Waals surface area contributed by atoms with E-state index in [1.807, 2.05) is 36.4 Å². The SMILES string of the molecule is O=C1c2[nH]c(=O)nc(-c3ccccc3)c2C(=O)N1Cc1ccccc1. The first-order valence-corrected chi connectivity index (χ1v) is 7.75. The number of fused-ring (bicyclic) bond motifs is 1. The molecule has 1 aliphatic rings. The second-order valence-corrected chi connectivity index (χ2v) is 5.69. The molecule has 2 heterocycles. The van der Waals surface area contributed by atoms with Gasteiger partial charge in [0.05, 0.1) is 17.8 Å². The van der Waals surface area contributed by atoms with Gasteiger partial charge in [-0.05, 0) is 5.56 Å². The number of hydrogen-bond donors (Lipinski definition) is 1. The molecule has 4 rings (SSSR count). The number of nitrogens with zero attached hydrogens (tertiary/aromatic N) is 2. The Morgan fingerprint density at radius 1 is 0.840 bits per heavy atom. The first kappa shape index (κ1) is 15.0. The van der Waals surface area contributed by atoms with E-state index in [-0.39, 0.29) is 23.5 Å². The van der Waals surface area contributed by atoms with Crippen LogP contribution in [0.3, 0.4) is 0 Å². The molecule has 1 aliphatic heterocycles. The van der Waals surface area contributed by atoms with Gasteiger partial charge in [0.1, 0.15) is 5.69 Å². The van der Waals surface area contributed by atoms with Crippen LogP contribution in [0, 0.1) is 0 Å². The number of hydrogen-bond acceptors (Lipinski definition) is 4. The molecule has 2 aromatic carbocycles. The van der Waals surface area contributed by atoms with Crippen LogP contribution in [0.15, 0.2) is 65.5 Å². The van der Waals surface area contributed by atoms with Crippen molar-refractivity contribution in [2.45, 2.75) is 6.54 Å². The highest BCUT2D eigenvalue weighted by Crippen LogP contribution is 2.29. The molecule has 0 radical (unpaired) electrons. The highest BCUT2D eigenvalue weighted by molar-refractivity contribution is 6.22. The van der Waals surface area contributed by atoms with E-state index < -0.39 is 17.5 Å². The first-order valence-electron chi connectivity index (χ1n) is 7.75. The Bertz CT molecular complexity index is 1030. The van der Waals surface area contributed by atoms with E-state index in [1.165, 1.54) is 0 Å². The normalized spacial score (nSPS) is 13.2. The predicted octanol–water partition coefficient (Wildman–Crippen LogP) is 2.23. The Morgan fingerprint density at radius 2 is 1.48 bits per heavy atom. The molecule has 2 amide bonds. The van der Waals surface area contributed by atoms with Crippen LogP contribution in [0.2, 0.25) is 0 Å². The summed E-state index contributed by atoms with van der Waals surface area (Å²) in [5.74, 6) is -0.966. The van der Waals surface area contributed by atoms with Gasteiger partial charge < -0.3 is 4.98 Å². The summed E-state index contributed by atoms with van der Waals surface area (Å²) in [4.78, 5) is 44.9. The summed E-state index contributed by atoms with van der Waals surface area (Å²) in [6.45, 7) is 0.142. The second kappa shape index (κ2) is 5.83. The molecule has 0 bridgehead atoms. The molecule has 122 valence electrons.